The van der Waals surface area contributed by atoms with Gasteiger partial charge < -0.3 is 49.8 Å². The SMILES string of the molecule is Cc1ncsc1-c1ccc(CNC(=O)[C@@H]2C[C@@H](O)CC2C(=O)C(NC(=O)COCCCOCCCCOCCCOc2ccc(Nc3ncc4c(n3)N(CCCN(C)C(=O)C3CCC3)CC4)cc2)C(C)(C)C)cc1. The normalized spacial score (nSPS) is 17.9. The number of nitrogens with zero attached hydrogens (tertiary/aromatic N) is 5. The lowest BCUT2D eigenvalue weighted by Gasteiger charge is -2.33. The fourth-order valence-corrected chi connectivity index (χ4v) is 10.4. The van der Waals surface area contributed by atoms with Crippen molar-refractivity contribution in [2.75, 3.05) is 83.1 Å². The van der Waals surface area contributed by atoms with Gasteiger partial charge in [0.2, 0.25) is 23.7 Å². The average molecular weight is 1040 g/mol. The first kappa shape index (κ1) is 56.2. The van der Waals surface area contributed by atoms with E-state index >= 15 is 0 Å². The number of fused-ring (bicyclic) bond motifs is 1. The van der Waals surface area contributed by atoms with Crippen LogP contribution in [0.5, 0.6) is 5.75 Å². The number of carbonyl (C=O) groups is 4. The molecule has 3 amide bonds. The molecule has 2 aromatic heterocycles. The highest BCUT2D eigenvalue weighted by molar-refractivity contribution is 7.13. The zero-order valence-electron chi connectivity index (χ0n) is 44.1. The summed E-state index contributed by atoms with van der Waals surface area (Å²) in [7, 11) is 1.92. The summed E-state index contributed by atoms with van der Waals surface area (Å²) < 4.78 is 23.1. The van der Waals surface area contributed by atoms with Gasteiger partial charge in [-0.15, -0.1) is 11.3 Å². The number of hydrogen-bond acceptors (Lipinski definition) is 15. The lowest BCUT2D eigenvalue weighted by Crippen LogP contribution is -2.53. The molecule has 3 aliphatic rings. The number of benzene rings is 2. The molecule has 2 unspecified atom stereocenters. The number of Topliss-reactive ketones (excluding diaryl/α,β-unsaturated/α-hetero) is 1. The Balaban J connectivity index is 0.689. The molecule has 2 saturated carbocycles. The van der Waals surface area contributed by atoms with Crippen LogP contribution in [-0.2, 0) is 46.4 Å². The van der Waals surface area contributed by atoms with E-state index in [9.17, 15) is 24.3 Å². The third-order valence-corrected chi connectivity index (χ3v) is 15.1. The van der Waals surface area contributed by atoms with Crippen LogP contribution in [-0.4, -0.2) is 134 Å². The summed E-state index contributed by atoms with van der Waals surface area (Å²) in [5.41, 5.74) is 6.17. The summed E-state index contributed by atoms with van der Waals surface area (Å²) in [6.07, 6.45) is 9.65. The number of ether oxygens (including phenoxy) is 4. The maximum Gasteiger partial charge on any atom is 0.246 e. The average Bonchev–Trinajstić information content (AvgIpc) is 4.11. The van der Waals surface area contributed by atoms with Crippen molar-refractivity contribution in [1.82, 2.24) is 30.5 Å². The molecule has 17 nitrogen and oxygen atoms in total. The van der Waals surface area contributed by atoms with Crippen molar-refractivity contribution in [3.05, 3.63) is 77.1 Å². The molecule has 1 aliphatic heterocycles. The maximum absolute atomic E-state index is 14.0. The molecule has 18 heteroatoms. The number of thiazole rings is 1. The van der Waals surface area contributed by atoms with Gasteiger partial charge in [-0.05, 0) is 106 Å². The monoisotopic (exact) mass is 1040 g/mol. The van der Waals surface area contributed by atoms with Crippen LogP contribution in [0, 0.1) is 30.1 Å². The number of aromatic nitrogens is 3. The third kappa shape index (κ3) is 16.5. The zero-order valence-corrected chi connectivity index (χ0v) is 44.9. The number of anilines is 3. The first-order chi connectivity index (χ1) is 35.7. The van der Waals surface area contributed by atoms with Gasteiger partial charge in [-0.3, -0.25) is 19.2 Å². The molecule has 0 radical (unpaired) electrons. The number of hydrogen-bond donors (Lipinski definition) is 4. The molecule has 2 aromatic carbocycles. The zero-order chi connectivity index (χ0) is 52.5. The molecule has 7 rings (SSSR count). The van der Waals surface area contributed by atoms with Crippen LogP contribution >= 0.6 is 11.3 Å². The number of unbranched alkanes of at least 4 members (excludes halogenated alkanes) is 1. The number of aliphatic hydroxyl groups excluding tert-OH is 1. The third-order valence-electron chi connectivity index (χ3n) is 14.1. The molecule has 4 N–H and O–H groups in total. The highest BCUT2D eigenvalue weighted by Crippen LogP contribution is 2.37. The Hall–Kier alpha value is -5.53. The van der Waals surface area contributed by atoms with Gasteiger partial charge in [-0.2, -0.15) is 4.98 Å². The molecule has 0 spiro atoms. The maximum atomic E-state index is 14.0. The summed E-state index contributed by atoms with van der Waals surface area (Å²) in [4.78, 5) is 72.0. The minimum Gasteiger partial charge on any atom is -0.494 e. The van der Waals surface area contributed by atoms with Gasteiger partial charge in [0, 0.05) is 102 Å². The summed E-state index contributed by atoms with van der Waals surface area (Å²) in [5.74, 6) is 0.431. The van der Waals surface area contributed by atoms with E-state index in [-0.39, 0.29) is 43.0 Å². The van der Waals surface area contributed by atoms with Crippen LogP contribution < -0.4 is 25.6 Å². The number of carbonyl (C=O) groups excluding carboxylic acids is 4. The van der Waals surface area contributed by atoms with Crippen LogP contribution in [0.25, 0.3) is 10.4 Å². The molecule has 4 atom stereocenters. The van der Waals surface area contributed by atoms with Crippen molar-refractivity contribution in [2.24, 2.45) is 23.2 Å². The van der Waals surface area contributed by atoms with Crippen LogP contribution in [0.3, 0.4) is 0 Å². The Morgan fingerprint density at radius 2 is 1.55 bits per heavy atom. The summed E-state index contributed by atoms with van der Waals surface area (Å²) in [6.45, 7) is 13.4. The smallest absolute Gasteiger partial charge is 0.246 e. The van der Waals surface area contributed by atoms with Gasteiger partial charge >= 0.3 is 0 Å². The lowest BCUT2D eigenvalue weighted by atomic mass is 9.77. The minimum atomic E-state index is -0.864. The molecular weight excluding hydrogens is 961 g/mol. The predicted molar refractivity (Wildman–Crippen MR) is 286 cm³/mol. The van der Waals surface area contributed by atoms with Gasteiger partial charge in [0.05, 0.1) is 40.8 Å². The molecule has 2 fully saturated rings. The standard InChI is InChI=1S/C56H78N8O9S/c1-38-50(74-37-59-38)40-16-14-39(15-17-40)34-57-53(68)47-33-44(65)32-46(47)49(67)51(56(2,3)4)61-48(66)36-72-30-10-28-70-26-6-7-27-71-29-11-31-73-45-20-18-43(19-21-45)60-55-58-35-42-22-25-64(52(42)62-55)24-9-23-63(5)54(69)41-12-8-13-41/h14-21,35,37,41,44,46-47,51,65H,6-13,22-34,36H2,1-5H3,(H,57,68)(H,61,66)(H,58,60,62)/t44-,46?,47+,51?/m0/s1. The summed E-state index contributed by atoms with van der Waals surface area (Å²) in [6, 6.07) is 14.8. The van der Waals surface area contributed by atoms with E-state index in [4.69, 9.17) is 23.9 Å². The molecule has 2 aliphatic carbocycles. The minimum absolute atomic E-state index is 0.165. The topological polar surface area (TPSA) is 207 Å². The Bertz CT molecular complexity index is 2430. The first-order valence-corrected chi connectivity index (χ1v) is 27.5. The number of aryl methyl sites for hydroxylation is 1. The fraction of sp³-hybridized carbons (Fsp3) is 0.589. The molecule has 0 bridgehead atoms. The van der Waals surface area contributed by atoms with E-state index in [1.807, 2.05) is 99.9 Å². The second-order valence-corrected chi connectivity index (χ2v) is 21.9. The lowest BCUT2D eigenvalue weighted by molar-refractivity contribution is -0.138. The van der Waals surface area contributed by atoms with Crippen LogP contribution in [0.15, 0.2) is 60.2 Å². The van der Waals surface area contributed by atoms with Crippen molar-refractivity contribution in [1.29, 1.82) is 0 Å². The van der Waals surface area contributed by atoms with Crippen molar-refractivity contribution in [2.45, 2.75) is 117 Å². The second-order valence-electron chi connectivity index (χ2n) is 21.0. The number of aliphatic hydroxyl groups is 1. The van der Waals surface area contributed by atoms with E-state index in [1.54, 1.807) is 11.3 Å². The van der Waals surface area contributed by atoms with E-state index in [1.165, 1.54) is 6.42 Å². The second kappa shape index (κ2) is 27.8. The van der Waals surface area contributed by atoms with E-state index in [0.717, 1.165) is 109 Å². The Kier molecular flexibility index (Phi) is 21.1. The number of amides is 3. The summed E-state index contributed by atoms with van der Waals surface area (Å²) in [5, 5.41) is 19.8. The Morgan fingerprint density at radius 1 is 0.865 bits per heavy atom. The molecular formula is C56H78N8O9S. The Labute approximate surface area is 440 Å². The highest BCUT2D eigenvalue weighted by Gasteiger charge is 2.46. The predicted octanol–water partition coefficient (Wildman–Crippen LogP) is 7.46. The van der Waals surface area contributed by atoms with Crippen LogP contribution in [0.2, 0.25) is 0 Å². The summed E-state index contributed by atoms with van der Waals surface area (Å²) >= 11 is 1.58. The van der Waals surface area contributed by atoms with Gasteiger partial charge in [0.25, 0.3) is 0 Å². The van der Waals surface area contributed by atoms with E-state index < -0.39 is 35.3 Å². The van der Waals surface area contributed by atoms with Crippen molar-refractivity contribution in [3.8, 4) is 16.2 Å². The van der Waals surface area contributed by atoms with Gasteiger partial charge in [-0.25, -0.2) is 9.97 Å². The molecule has 0 saturated heterocycles. The molecule has 3 heterocycles. The van der Waals surface area contributed by atoms with E-state index in [0.29, 0.717) is 58.6 Å². The van der Waals surface area contributed by atoms with Crippen LogP contribution in [0.1, 0.15) is 102 Å². The largest absolute Gasteiger partial charge is 0.494 e. The molecule has 74 heavy (non-hydrogen) atoms. The van der Waals surface area contributed by atoms with Crippen molar-refractivity contribution >= 4 is 52.3 Å². The van der Waals surface area contributed by atoms with Gasteiger partial charge in [0.15, 0.2) is 5.78 Å². The quantitative estimate of drug-likeness (QED) is 0.0375. The van der Waals surface area contributed by atoms with Crippen molar-refractivity contribution < 1.29 is 43.2 Å². The fourth-order valence-electron chi connectivity index (χ4n) is 9.64. The van der Waals surface area contributed by atoms with Crippen LogP contribution in [0.4, 0.5) is 17.5 Å². The highest BCUT2D eigenvalue weighted by atomic mass is 32.1. The Morgan fingerprint density at radius 3 is 2.23 bits per heavy atom. The van der Waals surface area contributed by atoms with Gasteiger partial charge in [0.1, 0.15) is 18.2 Å². The van der Waals surface area contributed by atoms with E-state index in [2.05, 4.69) is 30.8 Å². The number of ketones is 1. The number of nitrogens with one attached hydrogen (secondary N) is 3. The molecule has 402 valence electrons. The van der Waals surface area contributed by atoms with Crippen molar-refractivity contribution in [3.63, 3.8) is 0 Å². The first-order valence-electron chi connectivity index (χ1n) is 26.6. The van der Waals surface area contributed by atoms with Gasteiger partial charge in [-0.1, -0.05) is 51.5 Å². The number of rotatable bonds is 30. The molecule has 4 aromatic rings.